The molecule has 1 amide bonds. The Kier molecular flexibility index (Phi) is 1.32. The minimum Gasteiger partial charge on any atom is -0.447 e. The molecule has 0 saturated carbocycles. The molecule has 0 bridgehead atoms. The van der Waals surface area contributed by atoms with Crippen molar-refractivity contribution in [1.29, 1.82) is 0 Å². The van der Waals surface area contributed by atoms with E-state index in [4.69, 9.17) is 9.47 Å². The van der Waals surface area contributed by atoms with Gasteiger partial charge in [0.25, 0.3) is 0 Å². The molecule has 2 saturated heterocycles. The smallest absolute Gasteiger partial charge is 0.410 e. The van der Waals surface area contributed by atoms with Crippen molar-refractivity contribution in [2.24, 2.45) is 0 Å². The average Bonchev–Trinajstić information content (AvgIpc) is 2.29. The average molecular weight is 157 g/mol. The van der Waals surface area contributed by atoms with Crippen LogP contribution in [0.4, 0.5) is 4.79 Å². The molecule has 2 aliphatic heterocycles. The van der Waals surface area contributed by atoms with Crippen molar-refractivity contribution in [3.8, 4) is 0 Å². The molecule has 2 rings (SSSR count). The van der Waals surface area contributed by atoms with Crippen molar-refractivity contribution < 1.29 is 14.3 Å². The maximum atomic E-state index is 11.1. The summed E-state index contributed by atoms with van der Waals surface area (Å²) in [6, 6.07) is 0. The number of carbonyl (C=O) groups excluding carboxylic acids is 1. The largest absolute Gasteiger partial charge is 0.447 e. The van der Waals surface area contributed by atoms with Gasteiger partial charge in [-0.25, -0.2) is 4.79 Å². The van der Waals surface area contributed by atoms with Gasteiger partial charge in [0.15, 0.2) is 0 Å². The van der Waals surface area contributed by atoms with Gasteiger partial charge in [-0.3, -0.25) is 4.90 Å². The van der Waals surface area contributed by atoms with Crippen molar-refractivity contribution >= 4 is 6.09 Å². The van der Waals surface area contributed by atoms with E-state index in [1.54, 1.807) is 4.90 Å². The maximum absolute atomic E-state index is 11.1. The number of amides is 1. The van der Waals surface area contributed by atoms with Crippen molar-refractivity contribution in [3.63, 3.8) is 0 Å². The summed E-state index contributed by atoms with van der Waals surface area (Å²) in [5.74, 6) is 0. The summed E-state index contributed by atoms with van der Waals surface area (Å²) in [5, 5.41) is 0. The maximum Gasteiger partial charge on any atom is 0.410 e. The highest BCUT2D eigenvalue weighted by atomic mass is 16.6. The lowest BCUT2D eigenvalue weighted by atomic mass is 10.0. The molecule has 11 heavy (non-hydrogen) atoms. The lowest BCUT2D eigenvalue weighted by Crippen LogP contribution is -2.53. The van der Waals surface area contributed by atoms with Crippen LogP contribution in [0, 0.1) is 0 Å². The van der Waals surface area contributed by atoms with Gasteiger partial charge in [0.2, 0.25) is 0 Å². The summed E-state index contributed by atoms with van der Waals surface area (Å²) in [4.78, 5) is 12.8. The molecule has 0 radical (unpaired) electrons. The van der Waals surface area contributed by atoms with E-state index in [9.17, 15) is 4.79 Å². The van der Waals surface area contributed by atoms with Gasteiger partial charge in [0, 0.05) is 6.54 Å². The van der Waals surface area contributed by atoms with Crippen molar-refractivity contribution in [3.05, 3.63) is 0 Å². The van der Waals surface area contributed by atoms with E-state index < -0.39 is 0 Å². The second-order valence-corrected chi connectivity index (χ2v) is 3.26. The zero-order valence-electron chi connectivity index (χ0n) is 6.50. The fourth-order valence-corrected chi connectivity index (χ4v) is 1.52. The van der Waals surface area contributed by atoms with Crippen LogP contribution in [0.15, 0.2) is 0 Å². The molecule has 0 aromatic heterocycles. The molecule has 2 aliphatic rings. The van der Waals surface area contributed by atoms with Gasteiger partial charge in [-0.1, -0.05) is 0 Å². The molecule has 2 fully saturated rings. The van der Waals surface area contributed by atoms with Crippen molar-refractivity contribution in [1.82, 2.24) is 4.90 Å². The minimum atomic E-state index is -0.199. The van der Waals surface area contributed by atoms with Crippen LogP contribution in [0.1, 0.15) is 6.92 Å². The number of hydrogen-bond acceptors (Lipinski definition) is 3. The number of nitrogens with zero attached hydrogens (tertiary/aromatic N) is 1. The Morgan fingerprint density at radius 1 is 1.55 bits per heavy atom. The standard InChI is InChI=1S/C7H11NO3/c1-7-4-10-3-2-8(7)6(9)11-5-7/h2-5H2,1H3. The Balaban J connectivity index is 2.21. The summed E-state index contributed by atoms with van der Waals surface area (Å²) in [7, 11) is 0. The molecule has 1 unspecified atom stereocenters. The highest BCUT2D eigenvalue weighted by Crippen LogP contribution is 2.26. The van der Waals surface area contributed by atoms with Crippen LogP contribution in [-0.4, -0.2) is 42.9 Å². The first-order valence-electron chi connectivity index (χ1n) is 3.74. The van der Waals surface area contributed by atoms with E-state index in [1.807, 2.05) is 6.92 Å². The van der Waals surface area contributed by atoms with Gasteiger partial charge in [0.05, 0.1) is 13.2 Å². The number of rotatable bonds is 0. The first-order valence-corrected chi connectivity index (χ1v) is 3.74. The van der Waals surface area contributed by atoms with Gasteiger partial charge in [-0.05, 0) is 6.92 Å². The minimum absolute atomic E-state index is 0.198. The van der Waals surface area contributed by atoms with Crippen molar-refractivity contribution in [2.45, 2.75) is 12.5 Å². The Bertz CT molecular complexity index is 194. The van der Waals surface area contributed by atoms with Gasteiger partial charge in [0.1, 0.15) is 12.1 Å². The molecular weight excluding hydrogens is 146 g/mol. The molecule has 0 aliphatic carbocycles. The highest BCUT2D eigenvalue weighted by Gasteiger charge is 2.45. The quantitative estimate of drug-likeness (QED) is 0.505. The molecule has 62 valence electrons. The third kappa shape index (κ3) is 0.894. The number of ether oxygens (including phenoxy) is 2. The number of fused-ring (bicyclic) bond motifs is 1. The number of cyclic esters (lactones) is 1. The number of carbonyl (C=O) groups is 1. The number of morpholine rings is 1. The SMILES string of the molecule is CC12COCCN1C(=O)OC2. The zero-order valence-corrected chi connectivity index (χ0v) is 6.50. The zero-order chi connectivity index (χ0) is 7.90. The normalized spacial score (nSPS) is 36.8. The summed E-state index contributed by atoms with van der Waals surface area (Å²) in [6.07, 6.45) is -0.198. The van der Waals surface area contributed by atoms with Gasteiger partial charge in [-0.15, -0.1) is 0 Å². The lowest BCUT2D eigenvalue weighted by molar-refractivity contribution is -0.0181. The van der Waals surface area contributed by atoms with E-state index in [2.05, 4.69) is 0 Å². The van der Waals surface area contributed by atoms with Crippen LogP contribution >= 0.6 is 0 Å². The highest BCUT2D eigenvalue weighted by molar-refractivity contribution is 5.71. The van der Waals surface area contributed by atoms with E-state index in [0.29, 0.717) is 26.4 Å². The van der Waals surface area contributed by atoms with Crippen LogP contribution in [0.2, 0.25) is 0 Å². The summed E-state index contributed by atoms with van der Waals surface area (Å²) in [6.45, 7) is 4.33. The Morgan fingerprint density at radius 2 is 2.36 bits per heavy atom. The number of hydrogen-bond donors (Lipinski definition) is 0. The Hall–Kier alpha value is -0.770. The molecule has 0 spiro atoms. The first kappa shape index (κ1) is 6.91. The van der Waals surface area contributed by atoms with Crippen LogP contribution in [-0.2, 0) is 9.47 Å². The van der Waals surface area contributed by atoms with Gasteiger partial charge < -0.3 is 9.47 Å². The van der Waals surface area contributed by atoms with E-state index in [-0.39, 0.29) is 11.6 Å². The molecule has 4 heteroatoms. The topological polar surface area (TPSA) is 38.8 Å². The fourth-order valence-electron chi connectivity index (χ4n) is 1.52. The van der Waals surface area contributed by atoms with E-state index >= 15 is 0 Å². The van der Waals surface area contributed by atoms with E-state index in [0.717, 1.165) is 0 Å². The molecule has 2 heterocycles. The molecule has 1 atom stereocenters. The van der Waals surface area contributed by atoms with Crippen LogP contribution in [0.25, 0.3) is 0 Å². The second kappa shape index (κ2) is 2.11. The fraction of sp³-hybridized carbons (Fsp3) is 0.857. The first-order chi connectivity index (χ1) is 5.22. The molecular formula is C7H11NO3. The predicted molar refractivity (Wildman–Crippen MR) is 37.3 cm³/mol. The molecule has 4 nitrogen and oxygen atoms in total. The van der Waals surface area contributed by atoms with Crippen LogP contribution in [0.5, 0.6) is 0 Å². The van der Waals surface area contributed by atoms with Crippen molar-refractivity contribution in [2.75, 3.05) is 26.4 Å². The third-order valence-corrected chi connectivity index (χ3v) is 2.25. The lowest BCUT2D eigenvalue weighted by Gasteiger charge is -2.35. The predicted octanol–water partition coefficient (Wildman–Crippen LogP) is 0.228. The second-order valence-electron chi connectivity index (χ2n) is 3.26. The molecule has 0 aromatic carbocycles. The van der Waals surface area contributed by atoms with Gasteiger partial charge in [-0.2, -0.15) is 0 Å². The van der Waals surface area contributed by atoms with E-state index in [1.165, 1.54) is 0 Å². The van der Waals surface area contributed by atoms with Crippen LogP contribution < -0.4 is 0 Å². The van der Waals surface area contributed by atoms with Crippen LogP contribution in [0.3, 0.4) is 0 Å². The monoisotopic (exact) mass is 157 g/mol. The Morgan fingerprint density at radius 3 is 3.09 bits per heavy atom. The van der Waals surface area contributed by atoms with Gasteiger partial charge >= 0.3 is 6.09 Å². The third-order valence-electron chi connectivity index (χ3n) is 2.25. The summed E-state index contributed by atoms with van der Waals surface area (Å²) in [5.41, 5.74) is -0.199. The Labute approximate surface area is 65.1 Å². The molecule has 0 aromatic rings. The summed E-state index contributed by atoms with van der Waals surface area (Å²) < 4.78 is 10.2. The molecule has 0 N–H and O–H groups in total. The summed E-state index contributed by atoms with van der Waals surface area (Å²) >= 11 is 0.